The van der Waals surface area contributed by atoms with Gasteiger partial charge in [-0.05, 0) is 6.42 Å². The Kier molecular flexibility index (Phi) is 2.83. The van der Waals surface area contributed by atoms with Crippen LogP contribution in [0.3, 0.4) is 0 Å². The van der Waals surface area contributed by atoms with Gasteiger partial charge < -0.3 is 15.2 Å². The second kappa shape index (κ2) is 3.92. The molecule has 0 saturated carbocycles. The molecule has 76 valence electrons. The molecule has 0 aromatic carbocycles. The molecule has 4 nitrogen and oxygen atoms in total. The fourth-order valence-electron chi connectivity index (χ4n) is 2.21. The molecule has 2 rings (SSSR count). The van der Waals surface area contributed by atoms with Gasteiger partial charge in [-0.25, -0.2) is 0 Å². The summed E-state index contributed by atoms with van der Waals surface area (Å²) in [6, 6.07) is 0.563. The number of fused-ring (bicyclic) bond motifs is 1. The third kappa shape index (κ3) is 1.86. The van der Waals surface area contributed by atoms with Gasteiger partial charge in [0.1, 0.15) is 0 Å². The zero-order valence-electron chi connectivity index (χ0n) is 8.11. The maximum absolute atomic E-state index is 5.61. The molecule has 2 heterocycles. The van der Waals surface area contributed by atoms with Gasteiger partial charge in [-0.15, -0.1) is 0 Å². The molecule has 2 aliphatic rings. The number of hydrogen-bond donors (Lipinski definition) is 1. The number of methoxy groups -OCH3 is 1. The topological polar surface area (TPSA) is 47.7 Å². The number of morpholine rings is 1. The van der Waals surface area contributed by atoms with Gasteiger partial charge in [0.25, 0.3) is 0 Å². The molecule has 0 aromatic heterocycles. The van der Waals surface area contributed by atoms with Crippen molar-refractivity contribution < 1.29 is 9.47 Å². The zero-order chi connectivity index (χ0) is 9.26. The van der Waals surface area contributed by atoms with E-state index in [0.717, 1.165) is 26.1 Å². The van der Waals surface area contributed by atoms with Crippen LogP contribution in [0.2, 0.25) is 0 Å². The smallest absolute Gasteiger partial charge is 0.0824 e. The Morgan fingerprint density at radius 1 is 1.54 bits per heavy atom. The van der Waals surface area contributed by atoms with Crippen LogP contribution in [-0.2, 0) is 9.47 Å². The Morgan fingerprint density at radius 3 is 3.08 bits per heavy atom. The minimum atomic E-state index is 0.229. The van der Waals surface area contributed by atoms with Gasteiger partial charge in [0.2, 0.25) is 0 Å². The molecular weight excluding hydrogens is 168 g/mol. The molecule has 0 amide bonds. The molecule has 0 aliphatic carbocycles. The Bertz CT molecular complexity index is 175. The number of nitrogens with zero attached hydrogens (tertiary/aromatic N) is 1. The average Bonchev–Trinajstić information content (AvgIpc) is 2.58. The minimum absolute atomic E-state index is 0.229. The summed E-state index contributed by atoms with van der Waals surface area (Å²) in [5.74, 6) is 0. The zero-order valence-corrected chi connectivity index (χ0v) is 8.11. The highest BCUT2D eigenvalue weighted by Crippen LogP contribution is 2.24. The maximum atomic E-state index is 5.61. The van der Waals surface area contributed by atoms with Crippen molar-refractivity contribution in [3.8, 4) is 0 Å². The Balaban J connectivity index is 1.90. The van der Waals surface area contributed by atoms with Crippen molar-refractivity contribution in [2.24, 2.45) is 5.73 Å². The monoisotopic (exact) mass is 186 g/mol. The molecule has 2 fully saturated rings. The molecule has 3 atom stereocenters. The summed E-state index contributed by atoms with van der Waals surface area (Å²) in [5, 5.41) is 0. The van der Waals surface area contributed by atoms with E-state index in [1.165, 1.54) is 0 Å². The molecular formula is C9H18N2O2. The van der Waals surface area contributed by atoms with Crippen molar-refractivity contribution in [1.82, 2.24) is 4.90 Å². The van der Waals surface area contributed by atoms with Gasteiger partial charge in [0, 0.05) is 32.8 Å². The van der Waals surface area contributed by atoms with E-state index in [1.807, 2.05) is 0 Å². The first-order valence-corrected chi connectivity index (χ1v) is 4.92. The molecule has 0 aromatic rings. The molecule has 0 unspecified atom stereocenters. The average molecular weight is 186 g/mol. The normalized spacial score (nSPS) is 40.6. The second-order valence-corrected chi connectivity index (χ2v) is 3.89. The van der Waals surface area contributed by atoms with E-state index in [9.17, 15) is 0 Å². The number of ether oxygens (including phenoxy) is 2. The Hall–Kier alpha value is -0.160. The van der Waals surface area contributed by atoms with Crippen molar-refractivity contribution >= 4 is 0 Å². The molecule has 2 N–H and O–H groups in total. The molecule has 13 heavy (non-hydrogen) atoms. The standard InChI is InChI=1S/C9H18N2O2/c1-12-8-2-7-6-13-9(3-10)5-11(7)4-8/h7-9H,2-6,10H2,1H3/t7-,8+,9+/m0/s1. The van der Waals surface area contributed by atoms with Crippen LogP contribution in [0.1, 0.15) is 6.42 Å². The first-order valence-electron chi connectivity index (χ1n) is 4.92. The van der Waals surface area contributed by atoms with Gasteiger partial charge in [-0.3, -0.25) is 4.90 Å². The van der Waals surface area contributed by atoms with E-state index in [0.29, 0.717) is 18.7 Å². The van der Waals surface area contributed by atoms with Crippen molar-refractivity contribution in [1.29, 1.82) is 0 Å². The second-order valence-electron chi connectivity index (χ2n) is 3.89. The summed E-state index contributed by atoms with van der Waals surface area (Å²) in [4.78, 5) is 2.44. The summed E-state index contributed by atoms with van der Waals surface area (Å²) in [6.07, 6.45) is 1.73. The fraction of sp³-hybridized carbons (Fsp3) is 1.00. The van der Waals surface area contributed by atoms with E-state index in [4.69, 9.17) is 15.2 Å². The van der Waals surface area contributed by atoms with Crippen LogP contribution in [0.5, 0.6) is 0 Å². The quantitative estimate of drug-likeness (QED) is 0.627. The van der Waals surface area contributed by atoms with Gasteiger partial charge >= 0.3 is 0 Å². The predicted molar refractivity (Wildman–Crippen MR) is 49.6 cm³/mol. The molecule has 2 saturated heterocycles. The summed E-state index contributed by atoms with van der Waals surface area (Å²) >= 11 is 0. The maximum Gasteiger partial charge on any atom is 0.0824 e. The molecule has 0 bridgehead atoms. The lowest BCUT2D eigenvalue weighted by atomic mass is 10.2. The van der Waals surface area contributed by atoms with Crippen molar-refractivity contribution in [3.05, 3.63) is 0 Å². The van der Waals surface area contributed by atoms with E-state index in [2.05, 4.69) is 4.90 Å². The van der Waals surface area contributed by atoms with Gasteiger partial charge in [-0.2, -0.15) is 0 Å². The summed E-state index contributed by atoms with van der Waals surface area (Å²) in [5.41, 5.74) is 5.57. The van der Waals surface area contributed by atoms with E-state index >= 15 is 0 Å². The van der Waals surface area contributed by atoms with Crippen molar-refractivity contribution in [2.75, 3.05) is 33.4 Å². The molecule has 0 radical (unpaired) electrons. The highest BCUT2D eigenvalue weighted by atomic mass is 16.5. The summed E-state index contributed by atoms with van der Waals surface area (Å²) in [7, 11) is 1.78. The lowest BCUT2D eigenvalue weighted by molar-refractivity contribution is -0.0436. The highest BCUT2D eigenvalue weighted by molar-refractivity contribution is 4.90. The number of nitrogens with two attached hydrogens (primary N) is 1. The van der Waals surface area contributed by atoms with E-state index in [1.54, 1.807) is 7.11 Å². The lowest BCUT2D eigenvalue weighted by Crippen LogP contribution is -2.48. The first-order chi connectivity index (χ1) is 6.33. The predicted octanol–water partition coefficient (Wildman–Crippen LogP) is -0.567. The van der Waals surface area contributed by atoms with Gasteiger partial charge in [-0.1, -0.05) is 0 Å². The first kappa shape index (κ1) is 9.40. The molecule has 0 spiro atoms. The van der Waals surface area contributed by atoms with Crippen LogP contribution >= 0.6 is 0 Å². The summed E-state index contributed by atoms with van der Waals surface area (Å²) in [6.45, 7) is 3.46. The van der Waals surface area contributed by atoms with E-state index in [-0.39, 0.29) is 6.10 Å². The third-order valence-corrected chi connectivity index (χ3v) is 3.05. The minimum Gasteiger partial charge on any atom is -0.380 e. The van der Waals surface area contributed by atoms with Crippen LogP contribution in [0.4, 0.5) is 0 Å². The van der Waals surface area contributed by atoms with Crippen LogP contribution in [-0.4, -0.2) is 56.5 Å². The Labute approximate surface area is 79.0 Å². The fourth-order valence-corrected chi connectivity index (χ4v) is 2.21. The van der Waals surface area contributed by atoms with Crippen LogP contribution in [0.25, 0.3) is 0 Å². The van der Waals surface area contributed by atoms with Gasteiger partial charge in [0.15, 0.2) is 0 Å². The SMILES string of the molecule is CO[C@@H]1C[C@H]2CO[C@H](CN)CN2C1. The van der Waals surface area contributed by atoms with Gasteiger partial charge in [0.05, 0.1) is 18.8 Å². The Morgan fingerprint density at radius 2 is 2.38 bits per heavy atom. The van der Waals surface area contributed by atoms with Crippen LogP contribution in [0.15, 0.2) is 0 Å². The summed E-state index contributed by atoms with van der Waals surface area (Å²) < 4.78 is 11.0. The lowest BCUT2D eigenvalue weighted by Gasteiger charge is -2.34. The van der Waals surface area contributed by atoms with Crippen LogP contribution < -0.4 is 5.73 Å². The van der Waals surface area contributed by atoms with Crippen molar-refractivity contribution in [2.45, 2.75) is 24.7 Å². The third-order valence-electron chi connectivity index (χ3n) is 3.05. The highest BCUT2D eigenvalue weighted by Gasteiger charge is 2.36. The number of rotatable bonds is 2. The molecule has 4 heteroatoms. The molecule has 2 aliphatic heterocycles. The van der Waals surface area contributed by atoms with E-state index < -0.39 is 0 Å². The largest absolute Gasteiger partial charge is 0.380 e. The number of hydrogen-bond acceptors (Lipinski definition) is 4. The van der Waals surface area contributed by atoms with Crippen molar-refractivity contribution in [3.63, 3.8) is 0 Å². The van der Waals surface area contributed by atoms with Crippen LogP contribution in [0, 0.1) is 0 Å².